The molecular weight excluding hydrogens is 458 g/mol. The summed E-state index contributed by atoms with van der Waals surface area (Å²) >= 11 is 0. The predicted octanol–water partition coefficient (Wildman–Crippen LogP) is 2.66. The van der Waals surface area contributed by atoms with Gasteiger partial charge in [0.25, 0.3) is 0 Å². The Morgan fingerprint density at radius 3 is 2.18 bits per heavy atom. The molecule has 1 aliphatic heterocycles. The van der Waals surface area contributed by atoms with Crippen LogP contribution in [0.25, 0.3) is 0 Å². The molecule has 0 saturated carbocycles. The topological polar surface area (TPSA) is 132 Å². The van der Waals surface area contributed by atoms with Crippen LogP contribution < -0.4 is 16.0 Å². The summed E-state index contributed by atoms with van der Waals surface area (Å²) in [5.41, 5.74) is 0. The lowest BCUT2D eigenvalue weighted by molar-refractivity contribution is -0.141. The molecule has 1 aliphatic rings. The zero-order valence-corrected chi connectivity index (χ0v) is 22.1. The molecule has 0 aliphatic carbocycles. The second kappa shape index (κ2) is 12.7. The molecule has 192 valence electrons. The molecular formula is C23H39N3O7Si. The number of carbonyl (C=O) groups excluding carboxylic acids is 4. The maximum Gasteiger partial charge on any atom is 0.408 e. The molecule has 3 N–H and O–H groups in total. The Kier molecular flexibility index (Phi) is 11.0. The molecule has 0 bridgehead atoms. The zero-order chi connectivity index (χ0) is 26.1. The van der Waals surface area contributed by atoms with Gasteiger partial charge < -0.3 is 29.9 Å². The third kappa shape index (κ3) is 8.60. The average molecular weight is 498 g/mol. The Bertz CT molecular complexity index is 779. The summed E-state index contributed by atoms with van der Waals surface area (Å²) in [5, 5.41) is 7.61. The standard InChI is InChI=1S/C23H39N3O7Si/c1-9-11-31-21(29)24-14-17(26-22(30)32-12-10-2)18(27)13-16-19(20(28)25-16)15(3)33-34(7,8)23(4,5)6/h9-10,15-17,19H,1-2,11-14H2,3-8H3,(H,24,29)(H,25,28)(H,26,30)/t15-,16-,17-,19-/m1/s1. The number of nitrogens with one attached hydrogen (secondary N) is 3. The number of carbonyl (C=O) groups is 4. The van der Waals surface area contributed by atoms with Crippen LogP contribution in [-0.4, -0.2) is 70.1 Å². The molecule has 1 fully saturated rings. The molecule has 0 radical (unpaired) electrons. The van der Waals surface area contributed by atoms with Crippen LogP contribution in [0.4, 0.5) is 9.59 Å². The fourth-order valence-electron chi connectivity index (χ4n) is 3.18. The van der Waals surface area contributed by atoms with E-state index in [1.165, 1.54) is 12.2 Å². The van der Waals surface area contributed by atoms with Gasteiger partial charge in [-0.1, -0.05) is 46.1 Å². The third-order valence-corrected chi connectivity index (χ3v) is 10.6. The Morgan fingerprint density at radius 1 is 1.12 bits per heavy atom. The second-order valence-electron chi connectivity index (χ2n) is 9.75. The van der Waals surface area contributed by atoms with Gasteiger partial charge in [0.15, 0.2) is 14.1 Å². The van der Waals surface area contributed by atoms with E-state index in [2.05, 4.69) is 63.0 Å². The molecule has 1 rings (SSSR count). The maximum atomic E-state index is 13.0. The molecule has 0 aromatic heterocycles. The van der Waals surface area contributed by atoms with Gasteiger partial charge in [-0.15, -0.1) is 0 Å². The summed E-state index contributed by atoms with van der Waals surface area (Å²) in [6, 6.07) is -1.52. The first kappa shape index (κ1) is 29.4. The van der Waals surface area contributed by atoms with Crippen LogP contribution in [0.15, 0.2) is 25.3 Å². The van der Waals surface area contributed by atoms with Crippen molar-refractivity contribution in [2.24, 2.45) is 5.92 Å². The van der Waals surface area contributed by atoms with E-state index < -0.39 is 38.5 Å². The van der Waals surface area contributed by atoms with Gasteiger partial charge in [-0.05, 0) is 25.1 Å². The third-order valence-electron chi connectivity index (χ3n) is 6.07. The largest absolute Gasteiger partial charge is 0.445 e. The van der Waals surface area contributed by atoms with Crippen molar-refractivity contribution in [3.05, 3.63) is 25.3 Å². The van der Waals surface area contributed by atoms with Gasteiger partial charge in [-0.3, -0.25) is 9.59 Å². The molecule has 0 aromatic rings. The van der Waals surface area contributed by atoms with E-state index in [-0.39, 0.29) is 49.0 Å². The number of ketones is 1. The molecule has 11 heteroatoms. The van der Waals surface area contributed by atoms with Crippen LogP contribution in [0.3, 0.4) is 0 Å². The van der Waals surface area contributed by atoms with Gasteiger partial charge in [0.2, 0.25) is 5.91 Å². The maximum absolute atomic E-state index is 13.0. The lowest BCUT2D eigenvalue weighted by atomic mass is 9.82. The van der Waals surface area contributed by atoms with E-state index in [0.29, 0.717) is 0 Å². The smallest absolute Gasteiger partial charge is 0.408 e. The highest BCUT2D eigenvalue weighted by molar-refractivity contribution is 6.74. The van der Waals surface area contributed by atoms with Crippen LogP contribution in [0.5, 0.6) is 0 Å². The lowest BCUT2D eigenvalue weighted by Crippen LogP contribution is -2.65. The molecule has 1 saturated heterocycles. The van der Waals surface area contributed by atoms with Gasteiger partial charge in [0.05, 0.1) is 12.0 Å². The number of β-lactam (4-membered cyclic amide) rings is 1. The van der Waals surface area contributed by atoms with Gasteiger partial charge in [-0.25, -0.2) is 9.59 Å². The highest BCUT2D eigenvalue weighted by Gasteiger charge is 2.48. The van der Waals surface area contributed by atoms with Crippen molar-refractivity contribution >= 4 is 32.2 Å². The summed E-state index contributed by atoms with van der Waals surface area (Å²) in [4.78, 5) is 49.1. The zero-order valence-electron chi connectivity index (χ0n) is 21.1. The van der Waals surface area contributed by atoms with E-state index in [4.69, 9.17) is 13.9 Å². The fraction of sp³-hybridized carbons (Fsp3) is 0.652. The summed E-state index contributed by atoms with van der Waals surface area (Å²) in [6.07, 6.45) is 0.785. The highest BCUT2D eigenvalue weighted by atomic mass is 28.4. The lowest BCUT2D eigenvalue weighted by Gasteiger charge is -2.45. The number of hydrogen-bond acceptors (Lipinski definition) is 7. The van der Waals surface area contributed by atoms with E-state index >= 15 is 0 Å². The monoisotopic (exact) mass is 497 g/mol. The summed E-state index contributed by atoms with van der Waals surface area (Å²) in [6.45, 7) is 19.1. The molecule has 0 spiro atoms. The van der Waals surface area contributed by atoms with Gasteiger partial charge in [0.1, 0.15) is 19.3 Å². The summed E-state index contributed by atoms with van der Waals surface area (Å²) in [5.74, 6) is -1.05. The summed E-state index contributed by atoms with van der Waals surface area (Å²) < 4.78 is 16.1. The van der Waals surface area contributed by atoms with Crippen LogP contribution in [0.2, 0.25) is 18.1 Å². The second-order valence-corrected chi connectivity index (χ2v) is 14.5. The molecule has 34 heavy (non-hydrogen) atoms. The summed E-state index contributed by atoms with van der Waals surface area (Å²) in [7, 11) is -2.12. The van der Waals surface area contributed by atoms with E-state index in [1.807, 2.05) is 6.92 Å². The number of amides is 3. The molecule has 10 nitrogen and oxygen atoms in total. The number of alkyl carbamates (subject to hydrolysis) is 2. The molecule has 0 unspecified atom stereocenters. The first-order chi connectivity index (χ1) is 15.7. The van der Waals surface area contributed by atoms with Crippen molar-refractivity contribution in [1.82, 2.24) is 16.0 Å². The van der Waals surface area contributed by atoms with Crippen LogP contribution in [0, 0.1) is 5.92 Å². The highest BCUT2D eigenvalue weighted by Crippen LogP contribution is 2.39. The average Bonchev–Trinajstić information content (AvgIpc) is 2.71. The van der Waals surface area contributed by atoms with Crippen LogP contribution >= 0.6 is 0 Å². The van der Waals surface area contributed by atoms with Crippen molar-refractivity contribution < 1.29 is 33.1 Å². The number of ether oxygens (including phenoxy) is 2. The van der Waals surface area contributed by atoms with Gasteiger partial charge in [0, 0.05) is 19.0 Å². The Hall–Kier alpha value is -2.66. The predicted molar refractivity (Wildman–Crippen MR) is 131 cm³/mol. The van der Waals surface area contributed by atoms with Crippen molar-refractivity contribution in [2.75, 3.05) is 19.8 Å². The van der Waals surface area contributed by atoms with E-state index in [1.54, 1.807) is 0 Å². The molecule has 4 atom stereocenters. The normalized spacial score (nSPS) is 19.5. The van der Waals surface area contributed by atoms with Gasteiger partial charge >= 0.3 is 12.2 Å². The van der Waals surface area contributed by atoms with E-state index in [9.17, 15) is 19.2 Å². The quantitative estimate of drug-likeness (QED) is 0.202. The molecule has 0 aromatic carbocycles. The van der Waals surface area contributed by atoms with Crippen molar-refractivity contribution in [2.45, 2.75) is 70.4 Å². The Balaban J connectivity index is 2.84. The minimum atomic E-state index is -2.12. The number of hydrogen-bond donors (Lipinski definition) is 3. The van der Waals surface area contributed by atoms with E-state index in [0.717, 1.165) is 0 Å². The van der Waals surface area contributed by atoms with Crippen LogP contribution in [0.1, 0.15) is 34.1 Å². The SMILES string of the molecule is C=CCOC(=O)NC[C@@H](NC(=O)OCC=C)C(=O)C[C@H]1NC(=O)[C@@H]1[C@@H](C)O[Si](C)(C)C(C)(C)C. The van der Waals surface area contributed by atoms with Crippen molar-refractivity contribution in [1.29, 1.82) is 0 Å². The first-order valence-electron chi connectivity index (χ1n) is 11.3. The molecule has 3 amide bonds. The Morgan fingerprint density at radius 2 is 1.68 bits per heavy atom. The van der Waals surface area contributed by atoms with Crippen LogP contribution in [-0.2, 0) is 23.5 Å². The molecule has 1 heterocycles. The number of rotatable bonds is 13. The van der Waals surface area contributed by atoms with Crippen molar-refractivity contribution in [3.8, 4) is 0 Å². The van der Waals surface area contributed by atoms with Crippen molar-refractivity contribution in [3.63, 3.8) is 0 Å². The minimum absolute atomic E-state index is 0.00114. The fourth-order valence-corrected chi connectivity index (χ4v) is 4.61. The van der Waals surface area contributed by atoms with Gasteiger partial charge in [-0.2, -0.15) is 0 Å². The number of Topliss-reactive ketones (excluding diaryl/α,β-unsaturated/α-hetero) is 1. The Labute approximate surface area is 203 Å². The minimum Gasteiger partial charge on any atom is -0.445 e. The first-order valence-corrected chi connectivity index (χ1v) is 14.2.